The molecule has 8 nitrogen and oxygen atoms in total. The zero-order valence-corrected chi connectivity index (χ0v) is 21.3. The maximum Gasteiger partial charge on any atom is 0.309 e. The molecule has 2 heterocycles. The van der Waals surface area contributed by atoms with E-state index in [0.29, 0.717) is 42.4 Å². The summed E-state index contributed by atoms with van der Waals surface area (Å²) in [6.45, 7) is 1.95. The highest BCUT2D eigenvalue weighted by Crippen LogP contribution is 2.35. The molecule has 2 fully saturated rings. The molecule has 2 aliphatic heterocycles. The quantitative estimate of drug-likeness (QED) is 0.463. The van der Waals surface area contributed by atoms with Gasteiger partial charge in [0.15, 0.2) is 29.6 Å². The molecule has 2 aromatic rings. The van der Waals surface area contributed by atoms with E-state index in [1.807, 2.05) is 35.2 Å². The van der Waals surface area contributed by atoms with Crippen LogP contribution in [0.1, 0.15) is 30.4 Å². The number of esters is 1. The molecule has 1 amide bonds. The molecular formula is C28H35NO7. The van der Waals surface area contributed by atoms with E-state index in [1.54, 1.807) is 27.4 Å². The van der Waals surface area contributed by atoms with E-state index in [9.17, 15) is 9.59 Å². The number of benzene rings is 2. The number of ether oxygens (including phenoxy) is 5. The molecule has 8 heteroatoms. The van der Waals surface area contributed by atoms with Gasteiger partial charge in [0, 0.05) is 19.0 Å². The topological polar surface area (TPSA) is 83.5 Å². The summed E-state index contributed by atoms with van der Waals surface area (Å²) in [5, 5.41) is 0. The molecule has 0 aliphatic carbocycles. The standard InChI is InChI=1S/C28H35NO7/c1-32-23-9-7-19(15-25(23)33-2)13-21-17-36-28(31)22(21)14-20-8-10-24(26(16-20)34-3)35-18-27(30)29-11-5-4-6-12-29/h7-10,15-16,21-22H,4-6,11-14,17-18H2,1-3H3/t21-,22+/m0/s1. The van der Waals surface area contributed by atoms with Crippen molar-refractivity contribution in [1.29, 1.82) is 0 Å². The van der Waals surface area contributed by atoms with Crippen LogP contribution in [0.3, 0.4) is 0 Å². The maximum atomic E-state index is 12.6. The number of hydrogen-bond acceptors (Lipinski definition) is 7. The summed E-state index contributed by atoms with van der Waals surface area (Å²) in [6.07, 6.45) is 4.47. The lowest BCUT2D eigenvalue weighted by molar-refractivity contribution is -0.141. The number of cyclic esters (lactones) is 1. The van der Waals surface area contributed by atoms with Gasteiger partial charge in [0.25, 0.3) is 5.91 Å². The molecule has 2 aromatic carbocycles. The highest BCUT2D eigenvalue weighted by molar-refractivity contribution is 5.78. The largest absolute Gasteiger partial charge is 0.493 e. The van der Waals surface area contributed by atoms with Crippen LogP contribution in [0.15, 0.2) is 36.4 Å². The number of amides is 1. The van der Waals surface area contributed by atoms with Crippen LogP contribution in [0.5, 0.6) is 23.0 Å². The van der Waals surface area contributed by atoms with Crippen molar-refractivity contribution in [3.63, 3.8) is 0 Å². The van der Waals surface area contributed by atoms with Crippen molar-refractivity contribution in [1.82, 2.24) is 4.90 Å². The Labute approximate surface area is 212 Å². The zero-order chi connectivity index (χ0) is 25.5. The minimum absolute atomic E-state index is 0.00691. The molecule has 194 valence electrons. The molecule has 0 saturated carbocycles. The Bertz CT molecular complexity index is 1060. The van der Waals surface area contributed by atoms with Gasteiger partial charge in [0.2, 0.25) is 0 Å². The van der Waals surface area contributed by atoms with Gasteiger partial charge < -0.3 is 28.6 Å². The third kappa shape index (κ3) is 6.04. The fourth-order valence-electron chi connectivity index (χ4n) is 4.95. The van der Waals surface area contributed by atoms with Gasteiger partial charge in [-0.2, -0.15) is 0 Å². The molecule has 2 saturated heterocycles. The highest BCUT2D eigenvalue weighted by atomic mass is 16.5. The molecule has 0 aromatic heterocycles. The van der Waals surface area contributed by atoms with Crippen LogP contribution < -0.4 is 18.9 Å². The van der Waals surface area contributed by atoms with Crippen molar-refractivity contribution in [3.8, 4) is 23.0 Å². The average Bonchev–Trinajstić information content (AvgIpc) is 3.26. The number of hydrogen-bond donors (Lipinski definition) is 0. The molecule has 4 rings (SSSR count). The Morgan fingerprint density at radius 3 is 2.14 bits per heavy atom. The Kier molecular flexibility index (Phi) is 8.57. The zero-order valence-electron chi connectivity index (χ0n) is 21.3. The number of nitrogens with zero attached hydrogens (tertiary/aromatic N) is 1. The lowest BCUT2D eigenvalue weighted by Gasteiger charge is -2.26. The van der Waals surface area contributed by atoms with E-state index in [0.717, 1.165) is 37.1 Å². The lowest BCUT2D eigenvalue weighted by atomic mass is 9.85. The maximum absolute atomic E-state index is 12.6. The number of piperidine rings is 1. The first kappa shape index (κ1) is 25.7. The second-order valence-corrected chi connectivity index (χ2v) is 9.31. The van der Waals surface area contributed by atoms with Crippen LogP contribution in [-0.4, -0.2) is 64.4 Å². The first-order valence-corrected chi connectivity index (χ1v) is 12.5. The third-order valence-corrected chi connectivity index (χ3v) is 7.00. The normalized spacial score (nSPS) is 19.5. The average molecular weight is 498 g/mol. The number of carbonyl (C=O) groups excluding carboxylic acids is 2. The van der Waals surface area contributed by atoms with Gasteiger partial charge in [0.1, 0.15) is 0 Å². The molecule has 0 unspecified atom stereocenters. The van der Waals surface area contributed by atoms with Crippen molar-refractivity contribution in [2.24, 2.45) is 11.8 Å². The summed E-state index contributed by atoms with van der Waals surface area (Å²) in [7, 11) is 4.79. The Balaban J connectivity index is 1.40. The summed E-state index contributed by atoms with van der Waals surface area (Å²) in [5.41, 5.74) is 2.00. The molecule has 2 aliphatic rings. The van der Waals surface area contributed by atoms with Crippen LogP contribution in [-0.2, 0) is 27.2 Å². The van der Waals surface area contributed by atoms with Crippen LogP contribution in [0.4, 0.5) is 0 Å². The van der Waals surface area contributed by atoms with E-state index in [4.69, 9.17) is 23.7 Å². The first-order valence-electron chi connectivity index (χ1n) is 12.5. The van der Waals surface area contributed by atoms with Gasteiger partial charge in [-0.05, 0) is 67.5 Å². The van der Waals surface area contributed by atoms with Crippen LogP contribution >= 0.6 is 0 Å². The molecule has 0 N–H and O–H groups in total. The molecule has 36 heavy (non-hydrogen) atoms. The summed E-state index contributed by atoms with van der Waals surface area (Å²) < 4.78 is 27.5. The van der Waals surface area contributed by atoms with Gasteiger partial charge in [-0.15, -0.1) is 0 Å². The molecule has 0 bridgehead atoms. The van der Waals surface area contributed by atoms with Gasteiger partial charge in [0.05, 0.1) is 33.9 Å². The fraction of sp³-hybridized carbons (Fsp3) is 0.500. The Hall–Kier alpha value is -3.42. The van der Waals surface area contributed by atoms with E-state index < -0.39 is 0 Å². The van der Waals surface area contributed by atoms with Gasteiger partial charge in [-0.25, -0.2) is 0 Å². The number of methoxy groups -OCH3 is 3. The SMILES string of the molecule is COc1ccc(C[C@H]2COC(=O)[C@@H]2Cc2ccc(OCC(=O)N3CCCCC3)c(OC)c2)cc1OC. The lowest BCUT2D eigenvalue weighted by Crippen LogP contribution is -2.38. The third-order valence-electron chi connectivity index (χ3n) is 7.00. The van der Waals surface area contributed by atoms with E-state index >= 15 is 0 Å². The summed E-state index contributed by atoms with van der Waals surface area (Å²) in [4.78, 5) is 26.9. The van der Waals surface area contributed by atoms with E-state index in [2.05, 4.69) is 0 Å². The van der Waals surface area contributed by atoms with Crippen LogP contribution in [0.2, 0.25) is 0 Å². The smallest absolute Gasteiger partial charge is 0.309 e. The number of likely N-dealkylation sites (tertiary alicyclic amines) is 1. The van der Waals surface area contributed by atoms with Crippen molar-refractivity contribution >= 4 is 11.9 Å². The monoisotopic (exact) mass is 497 g/mol. The van der Waals surface area contributed by atoms with E-state index in [1.165, 1.54) is 6.42 Å². The predicted molar refractivity (Wildman–Crippen MR) is 134 cm³/mol. The van der Waals surface area contributed by atoms with Gasteiger partial charge >= 0.3 is 5.97 Å². The Morgan fingerprint density at radius 1 is 0.861 bits per heavy atom. The first-order chi connectivity index (χ1) is 17.5. The predicted octanol–water partition coefficient (Wildman–Crippen LogP) is 3.68. The molecule has 0 radical (unpaired) electrons. The van der Waals surface area contributed by atoms with Crippen molar-refractivity contribution in [2.75, 3.05) is 47.6 Å². The summed E-state index contributed by atoms with van der Waals surface area (Å²) in [5.74, 6) is 1.97. The molecular weight excluding hydrogens is 462 g/mol. The second-order valence-electron chi connectivity index (χ2n) is 9.31. The van der Waals surface area contributed by atoms with E-state index in [-0.39, 0.29) is 30.3 Å². The van der Waals surface area contributed by atoms with Crippen LogP contribution in [0, 0.1) is 11.8 Å². The highest BCUT2D eigenvalue weighted by Gasteiger charge is 2.37. The number of carbonyl (C=O) groups is 2. The second kappa shape index (κ2) is 12.0. The Morgan fingerprint density at radius 2 is 1.47 bits per heavy atom. The number of rotatable bonds is 10. The summed E-state index contributed by atoms with van der Waals surface area (Å²) in [6, 6.07) is 11.4. The van der Waals surface area contributed by atoms with Gasteiger partial charge in [-0.1, -0.05) is 12.1 Å². The van der Waals surface area contributed by atoms with Crippen molar-refractivity contribution in [2.45, 2.75) is 32.1 Å². The minimum Gasteiger partial charge on any atom is -0.493 e. The molecule has 0 spiro atoms. The van der Waals surface area contributed by atoms with Crippen molar-refractivity contribution in [3.05, 3.63) is 47.5 Å². The fourth-order valence-corrected chi connectivity index (χ4v) is 4.95. The van der Waals surface area contributed by atoms with Gasteiger partial charge in [-0.3, -0.25) is 9.59 Å². The van der Waals surface area contributed by atoms with Crippen LogP contribution in [0.25, 0.3) is 0 Å². The summed E-state index contributed by atoms with van der Waals surface area (Å²) >= 11 is 0. The minimum atomic E-state index is -0.268. The molecule has 2 atom stereocenters. The van der Waals surface area contributed by atoms with Crippen molar-refractivity contribution < 1.29 is 33.3 Å².